The van der Waals surface area contributed by atoms with Gasteiger partial charge in [-0.15, -0.1) is 0 Å². The number of aliphatic hydroxyl groups is 2. The van der Waals surface area contributed by atoms with Crippen LogP contribution >= 0.6 is 0 Å². The van der Waals surface area contributed by atoms with Gasteiger partial charge in [-0.1, -0.05) is 82.5 Å². The Labute approximate surface area is 345 Å². The van der Waals surface area contributed by atoms with Crippen LogP contribution in [0.5, 0.6) is 5.75 Å². The topological polar surface area (TPSA) is 129 Å². The summed E-state index contributed by atoms with van der Waals surface area (Å²) in [7, 11) is 0. The van der Waals surface area contributed by atoms with Gasteiger partial charge >= 0.3 is 17.9 Å². The average Bonchev–Trinajstić information content (AvgIpc) is 3.22. The van der Waals surface area contributed by atoms with E-state index in [0.29, 0.717) is 67.6 Å². The minimum atomic E-state index is -0.651. The van der Waals surface area contributed by atoms with Crippen molar-refractivity contribution in [3.05, 3.63) is 113 Å². The molecule has 0 saturated heterocycles. The number of aryl methyl sites for hydroxylation is 4. The first-order chi connectivity index (χ1) is 27.8. The zero-order valence-corrected chi connectivity index (χ0v) is 35.4. The first-order valence-electron chi connectivity index (χ1n) is 20.5. The molecule has 0 bridgehead atoms. The van der Waals surface area contributed by atoms with Crippen LogP contribution in [0.1, 0.15) is 95.4 Å². The number of carbonyl (C=O) groups excluding carboxylic acids is 3. The second kappa shape index (κ2) is 24.1. The lowest BCUT2D eigenvalue weighted by Gasteiger charge is -2.30. The van der Waals surface area contributed by atoms with Crippen LogP contribution in [0.2, 0.25) is 0 Å². The number of benzene rings is 3. The molecule has 9 nitrogen and oxygen atoms in total. The van der Waals surface area contributed by atoms with Gasteiger partial charge in [-0.05, 0) is 135 Å². The molecule has 0 amide bonds. The quantitative estimate of drug-likeness (QED) is 0.0354. The second-order valence-corrected chi connectivity index (χ2v) is 15.3. The van der Waals surface area contributed by atoms with Crippen molar-refractivity contribution in [3.63, 3.8) is 0 Å². The van der Waals surface area contributed by atoms with Crippen LogP contribution in [0.4, 0.5) is 0 Å². The number of esters is 3. The van der Waals surface area contributed by atoms with Gasteiger partial charge in [0, 0.05) is 22.1 Å². The Hall–Kier alpha value is -4.99. The van der Waals surface area contributed by atoms with Crippen LogP contribution in [-0.4, -0.2) is 67.8 Å². The van der Waals surface area contributed by atoms with E-state index in [0.717, 1.165) is 64.6 Å². The molecule has 58 heavy (non-hydrogen) atoms. The molecule has 0 aliphatic rings. The highest BCUT2D eigenvalue weighted by Gasteiger charge is 2.28. The molecule has 9 heteroatoms. The van der Waals surface area contributed by atoms with E-state index in [1.54, 1.807) is 20.8 Å². The molecule has 314 valence electrons. The Morgan fingerprint density at radius 1 is 0.586 bits per heavy atom. The third kappa shape index (κ3) is 14.4. The monoisotopic (exact) mass is 796 g/mol. The van der Waals surface area contributed by atoms with Crippen molar-refractivity contribution < 1.29 is 43.5 Å². The van der Waals surface area contributed by atoms with Gasteiger partial charge in [0.2, 0.25) is 0 Å². The molecule has 2 N–H and O–H groups in total. The van der Waals surface area contributed by atoms with Gasteiger partial charge in [0.15, 0.2) is 0 Å². The Balaban J connectivity index is 1.99. The minimum Gasteiger partial charge on any atom is -0.493 e. The molecule has 0 spiro atoms. The zero-order valence-electron chi connectivity index (χ0n) is 35.4. The summed E-state index contributed by atoms with van der Waals surface area (Å²) in [5.74, 6) is -0.512. The number of ether oxygens (including phenoxy) is 4. The number of aliphatic hydroxyl groups excluding tert-OH is 2. The number of rotatable bonds is 26. The van der Waals surface area contributed by atoms with E-state index in [1.165, 1.54) is 5.56 Å². The van der Waals surface area contributed by atoms with Crippen molar-refractivity contribution in [2.75, 3.05) is 39.6 Å². The predicted molar refractivity (Wildman–Crippen MR) is 231 cm³/mol. The fourth-order valence-electron chi connectivity index (χ4n) is 6.73. The third-order valence-corrected chi connectivity index (χ3v) is 10.2. The normalized spacial score (nSPS) is 11.2. The SMILES string of the molecule is C=C(C)C(=O)OCCCc1ccc(-c2ccc(-c3cc(CCCOC(=O)C(=C)C)c(OCCC(CO)(CO)CCC)c(CCCOC(=O)C(=C)C)c3)c(CC)c2)cc1. The van der Waals surface area contributed by atoms with Gasteiger partial charge in [-0.2, -0.15) is 0 Å². The van der Waals surface area contributed by atoms with Gasteiger partial charge < -0.3 is 29.2 Å². The number of hydrogen-bond acceptors (Lipinski definition) is 9. The Morgan fingerprint density at radius 3 is 1.50 bits per heavy atom. The lowest BCUT2D eigenvalue weighted by atomic mass is 9.82. The Morgan fingerprint density at radius 2 is 1.05 bits per heavy atom. The van der Waals surface area contributed by atoms with E-state index in [9.17, 15) is 24.6 Å². The highest BCUT2D eigenvalue weighted by Crippen LogP contribution is 2.37. The van der Waals surface area contributed by atoms with Crippen LogP contribution in [0, 0.1) is 5.41 Å². The fraction of sp³-hybridized carbons (Fsp3) is 0.449. The van der Waals surface area contributed by atoms with Crippen LogP contribution < -0.4 is 4.74 Å². The Kier molecular flexibility index (Phi) is 19.7. The highest BCUT2D eigenvalue weighted by molar-refractivity contribution is 5.87. The lowest BCUT2D eigenvalue weighted by Crippen LogP contribution is -2.31. The van der Waals surface area contributed by atoms with Gasteiger partial charge in [0.05, 0.1) is 39.6 Å². The standard InChI is InChI=1S/C49H64O9/c1-9-23-49(32-50,33-51)24-28-55-45-41(15-12-26-57-47(53)35(5)6)30-43(31-42(45)16-13-27-58-48(54)36(7)8)44-22-21-40(29-38(44)10-2)39-19-17-37(18-20-39)14-11-25-56-46(52)34(3)4/h17-22,29-31,50-51H,3,5,7,9-16,23-28,32-33H2,1-2,4,6,8H3. The largest absolute Gasteiger partial charge is 0.493 e. The summed E-state index contributed by atoms with van der Waals surface area (Å²) < 4.78 is 22.7. The zero-order chi connectivity index (χ0) is 42.7. The average molecular weight is 797 g/mol. The maximum absolute atomic E-state index is 12.2. The molecule has 0 unspecified atom stereocenters. The maximum atomic E-state index is 12.2. The van der Waals surface area contributed by atoms with Crippen molar-refractivity contribution in [1.82, 2.24) is 0 Å². The number of hydrogen-bond donors (Lipinski definition) is 2. The number of carbonyl (C=O) groups is 3. The molecule has 3 aromatic rings. The van der Waals surface area contributed by atoms with E-state index < -0.39 is 17.4 Å². The lowest BCUT2D eigenvalue weighted by molar-refractivity contribution is -0.139. The minimum absolute atomic E-state index is 0.143. The van der Waals surface area contributed by atoms with Crippen LogP contribution in [0.3, 0.4) is 0 Å². The molecular weight excluding hydrogens is 733 g/mol. The van der Waals surface area contributed by atoms with Gasteiger partial charge in [0.1, 0.15) is 5.75 Å². The smallest absolute Gasteiger partial charge is 0.333 e. The molecular formula is C49H64O9. The summed E-state index contributed by atoms with van der Waals surface area (Å²) >= 11 is 0. The molecule has 0 fully saturated rings. The van der Waals surface area contributed by atoms with E-state index >= 15 is 0 Å². The molecule has 0 atom stereocenters. The van der Waals surface area contributed by atoms with Crippen molar-refractivity contribution in [2.24, 2.45) is 5.41 Å². The molecule has 3 rings (SSSR count). The van der Waals surface area contributed by atoms with Crippen molar-refractivity contribution in [1.29, 1.82) is 0 Å². The van der Waals surface area contributed by atoms with Crippen molar-refractivity contribution in [2.45, 2.75) is 98.8 Å². The summed E-state index contributed by atoms with van der Waals surface area (Å²) in [5, 5.41) is 20.5. The second-order valence-electron chi connectivity index (χ2n) is 15.3. The summed E-state index contributed by atoms with van der Waals surface area (Å²) in [6.45, 7) is 20.8. The summed E-state index contributed by atoms with van der Waals surface area (Å²) in [6, 6.07) is 19.3. The highest BCUT2D eigenvalue weighted by atomic mass is 16.5. The predicted octanol–water partition coefficient (Wildman–Crippen LogP) is 9.28. The fourth-order valence-corrected chi connectivity index (χ4v) is 6.73. The first-order valence-corrected chi connectivity index (χ1v) is 20.5. The molecule has 0 saturated carbocycles. The third-order valence-electron chi connectivity index (χ3n) is 10.2. The summed E-state index contributed by atoms with van der Waals surface area (Å²) in [5.41, 5.74) is 8.97. The van der Waals surface area contributed by atoms with E-state index in [1.807, 2.05) is 6.92 Å². The van der Waals surface area contributed by atoms with Crippen molar-refractivity contribution >= 4 is 17.9 Å². The van der Waals surface area contributed by atoms with Crippen LogP contribution in [0.25, 0.3) is 22.3 Å². The van der Waals surface area contributed by atoms with Gasteiger partial charge in [0.25, 0.3) is 0 Å². The first kappa shape index (κ1) is 47.4. The summed E-state index contributed by atoms with van der Waals surface area (Å²) in [4.78, 5) is 36.0. The summed E-state index contributed by atoms with van der Waals surface area (Å²) in [6.07, 6.45) is 6.49. The molecule has 0 heterocycles. The van der Waals surface area contributed by atoms with E-state index in [2.05, 4.69) is 81.3 Å². The molecule has 0 aromatic heterocycles. The van der Waals surface area contributed by atoms with Crippen LogP contribution in [-0.2, 0) is 54.3 Å². The maximum Gasteiger partial charge on any atom is 0.333 e. The Bertz CT molecular complexity index is 1810. The van der Waals surface area contributed by atoms with E-state index in [-0.39, 0.29) is 39.0 Å². The molecule has 0 aliphatic heterocycles. The van der Waals surface area contributed by atoms with Gasteiger partial charge in [-0.3, -0.25) is 0 Å². The molecule has 3 aromatic carbocycles. The molecule has 0 aliphatic carbocycles. The van der Waals surface area contributed by atoms with E-state index in [4.69, 9.17) is 18.9 Å². The van der Waals surface area contributed by atoms with Gasteiger partial charge in [-0.25, -0.2) is 14.4 Å². The molecule has 0 radical (unpaired) electrons. The van der Waals surface area contributed by atoms with Crippen LogP contribution in [0.15, 0.2) is 91.1 Å². The van der Waals surface area contributed by atoms with Crippen molar-refractivity contribution in [3.8, 4) is 28.0 Å².